The van der Waals surface area contributed by atoms with Gasteiger partial charge in [-0.05, 0) is 43.9 Å². The van der Waals surface area contributed by atoms with Crippen LogP contribution in [0.5, 0.6) is 0 Å². The van der Waals surface area contributed by atoms with Crippen molar-refractivity contribution in [2.75, 3.05) is 39.3 Å². The predicted molar refractivity (Wildman–Crippen MR) is 69.1 cm³/mol. The summed E-state index contributed by atoms with van der Waals surface area (Å²) >= 11 is 0. The number of rotatable bonds is 7. The molecule has 3 heteroatoms. The molecule has 1 atom stereocenters. The zero-order valence-corrected chi connectivity index (χ0v) is 10.9. The van der Waals surface area contributed by atoms with E-state index in [1.807, 2.05) is 0 Å². The van der Waals surface area contributed by atoms with Crippen LogP contribution in [0, 0.1) is 11.8 Å². The van der Waals surface area contributed by atoms with Crippen LogP contribution in [0.25, 0.3) is 0 Å². The van der Waals surface area contributed by atoms with E-state index in [2.05, 4.69) is 10.2 Å². The van der Waals surface area contributed by atoms with Crippen LogP contribution in [-0.4, -0.2) is 50.3 Å². The summed E-state index contributed by atoms with van der Waals surface area (Å²) in [5.74, 6) is 2.05. The number of nitrogens with zero attached hydrogens (tertiary/aromatic N) is 1. The summed E-state index contributed by atoms with van der Waals surface area (Å²) in [6.45, 7) is 6.95. The molecule has 0 aromatic carbocycles. The van der Waals surface area contributed by atoms with E-state index in [0.717, 1.165) is 31.5 Å². The molecule has 3 fully saturated rings. The molecule has 0 spiro atoms. The fourth-order valence-electron chi connectivity index (χ4n) is 2.72. The Morgan fingerprint density at radius 2 is 1.76 bits per heavy atom. The number of morpholine rings is 1. The lowest BCUT2D eigenvalue weighted by atomic mass is 10.2. The second-order valence-corrected chi connectivity index (χ2v) is 6.13. The maximum absolute atomic E-state index is 5.78. The van der Waals surface area contributed by atoms with Crippen molar-refractivity contribution in [3.63, 3.8) is 0 Å². The lowest BCUT2D eigenvalue weighted by molar-refractivity contribution is 0.0168. The molecular formula is C14H26N2O. The smallest absolute Gasteiger partial charge is 0.0712 e. The third kappa shape index (κ3) is 4.23. The van der Waals surface area contributed by atoms with Gasteiger partial charge in [0, 0.05) is 32.7 Å². The Kier molecular flexibility index (Phi) is 3.99. The van der Waals surface area contributed by atoms with Crippen molar-refractivity contribution in [2.45, 2.75) is 38.2 Å². The SMILES string of the molecule is C1COC(CCN(CC2CC2)CC2CC2)CN1. The van der Waals surface area contributed by atoms with E-state index in [4.69, 9.17) is 4.74 Å². The second-order valence-electron chi connectivity index (χ2n) is 6.13. The zero-order chi connectivity index (χ0) is 11.5. The monoisotopic (exact) mass is 238 g/mol. The van der Waals surface area contributed by atoms with Crippen molar-refractivity contribution in [1.29, 1.82) is 0 Å². The molecule has 98 valence electrons. The predicted octanol–water partition coefficient (Wildman–Crippen LogP) is 1.49. The minimum Gasteiger partial charge on any atom is -0.376 e. The average Bonchev–Trinajstić information content (AvgIpc) is 3.23. The lowest BCUT2D eigenvalue weighted by Crippen LogP contribution is -2.41. The van der Waals surface area contributed by atoms with Crippen LogP contribution in [-0.2, 0) is 4.74 Å². The fraction of sp³-hybridized carbons (Fsp3) is 1.00. The molecule has 1 saturated heterocycles. The molecule has 1 N–H and O–H groups in total. The van der Waals surface area contributed by atoms with Crippen LogP contribution in [0.1, 0.15) is 32.1 Å². The van der Waals surface area contributed by atoms with Gasteiger partial charge in [-0.2, -0.15) is 0 Å². The van der Waals surface area contributed by atoms with Gasteiger partial charge >= 0.3 is 0 Å². The minimum atomic E-state index is 0.463. The summed E-state index contributed by atoms with van der Waals surface area (Å²) in [5, 5.41) is 3.42. The summed E-state index contributed by atoms with van der Waals surface area (Å²) in [4.78, 5) is 2.72. The Balaban J connectivity index is 1.38. The second kappa shape index (κ2) is 5.68. The van der Waals surface area contributed by atoms with E-state index in [9.17, 15) is 0 Å². The quantitative estimate of drug-likeness (QED) is 0.727. The first-order valence-corrected chi connectivity index (χ1v) is 7.45. The molecule has 17 heavy (non-hydrogen) atoms. The average molecular weight is 238 g/mol. The first-order valence-electron chi connectivity index (χ1n) is 7.45. The third-order valence-corrected chi connectivity index (χ3v) is 4.20. The van der Waals surface area contributed by atoms with Crippen LogP contribution in [0.4, 0.5) is 0 Å². The van der Waals surface area contributed by atoms with Gasteiger partial charge in [0.1, 0.15) is 0 Å². The van der Waals surface area contributed by atoms with Gasteiger partial charge in [0.25, 0.3) is 0 Å². The number of ether oxygens (including phenoxy) is 1. The number of nitrogens with one attached hydrogen (secondary N) is 1. The molecule has 2 saturated carbocycles. The highest BCUT2D eigenvalue weighted by Crippen LogP contribution is 2.33. The minimum absolute atomic E-state index is 0.463. The highest BCUT2D eigenvalue weighted by Gasteiger charge is 2.29. The molecule has 3 rings (SSSR count). The Morgan fingerprint density at radius 1 is 1.06 bits per heavy atom. The van der Waals surface area contributed by atoms with Crippen LogP contribution in [0.2, 0.25) is 0 Å². The van der Waals surface area contributed by atoms with E-state index in [0.29, 0.717) is 6.10 Å². The number of hydrogen-bond donors (Lipinski definition) is 1. The molecular weight excluding hydrogens is 212 g/mol. The normalized spacial score (nSPS) is 29.8. The van der Waals surface area contributed by atoms with E-state index in [-0.39, 0.29) is 0 Å². The Labute approximate surface area is 105 Å². The summed E-state index contributed by atoms with van der Waals surface area (Å²) < 4.78 is 5.78. The maximum Gasteiger partial charge on any atom is 0.0712 e. The molecule has 1 aliphatic heterocycles. The third-order valence-electron chi connectivity index (χ3n) is 4.20. The lowest BCUT2D eigenvalue weighted by Gasteiger charge is -2.27. The number of hydrogen-bond acceptors (Lipinski definition) is 3. The van der Waals surface area contributed by atoms with Gasteiger partial charge in [0.15, 0.2) is 0 Å². The summed E-state index contributed by atoms with van der Waals surface area (Å²) in [7, 11) is 0. The van der Waals surface area contributed by atoms with Gasteiger partial charge in [0.05, 0.1) is 12.7 Å². The largest absolute Gasteiger partial charge is 0.376 e. The molecule has 1 heterocycles. The van der Waals surface area contributed by atoms with E-state index in [1.165, 1.54) is 51.7 Å². The Bertz CT molecular complexity index is 218. The van der Waals surface area contributed by atoms with Crippen LogP contribution < -0.4 is 5.32 Å². The molecule has 3 aliphatic rings. The van der Waals surface area contributed by atoms with Crippen LogP contribution in [0.3, 0.4) is 0 Å². The molecule has 0 aromatic heterocycles. The molecule has 3 nitrogen and oxygen atoms in total. The standard InChI is InChI=1S/C14H26N2O/c1-2-12(1)10-16(11-13-3-4-13)7-5-14-9-15-6-8-17-14/h12-15H,1-11H2. The Hall–Kier alpha value is -0.120. The van der Waals surface area contributed by atoms with Crippen molar-refractivity contribution in [3.8, 4) is 0 Å². The van der Waals surface area contributed by atoms with Gasteiger partial charge in [0.2, 0.25) is 0 Å². The van der Waals surface area contributed by atoms with Crippen molar-refractivity contribution in [1.82, 2.24) is 10.2 Å². The highest BCUT2D eigenvalue weighted by molar-refractivity contribution is 4.83. The summed E-state index contributed by atoms with van der Waals surface area (Å²) in [5.41, 5.74) is 0. The van der Waals surface area contributed by atoms with Gasteiger partial charge in [-0.15, -0.1) is 0 Å². The molecule has 0 aromatic rings. The zero-order valence-electron chi connectivity index (χ0n) is 10.9. The van der Waals surface area contributed by atoms with Crippen molar-refractivity contribution in [2.24, 2.45) is 11.8 Å². The summed E-state index contributed by atoms with van der Waals surface area (Å²) in [6, 6.07) is 0. The molecule has 0 bridgehead atoms. The van der Waals surface area contributed by atoms with Gasteiger partial charge < -0.3 is 15.0 Å². The first-order chi connectivity index (χ1) is 8.40. The van der Waals surface area contributed by atoms with E-state index >= 15 is 0 Å². The van der Waals surface area contributed by atoms with E-state index < -0.39 is 0 Å². The highest BCUT2D eigenvalue weighted by atomic mass is 16.5. The Morgan fingerprint density at radius 3 is 2.29 bits per heavy atom. The topological polar surface area (TPSA) is 24.5 Å². The van der Waals surface area contributed by atoms with Crippen molar-refractivity contribution in [3.05, 3.63) is 0 Å². The molecule has 0 amide bonds. The van der Waals surface area contributed by atoms with Crippen LogP contribution >= 0.6 is 0 Å². The molecule has 1 unspecified atom stereocenters. The van der Waals surface area contributed by atoms with Gasteiger partial charge in [-0.25, -0.2) is 0 Å². The first kappa shape index (κ1) is 11.9. The van der Waals surface area contributed by atoms with Crippen LogP contribution in [0.15, 0.2) is 0 Å². The summed E-state index contributed by atoms with van der Waals surface area (Å²) in [6.07, 6.45) is 7.58. The maximum atomic E-state index is 5.78. The van der Waals surface area contributed by atoms with Crippen molar-refractivity contribution < 1.29 is 4.74 Å². The van der Waals surface area contributed by atoms with E-state index in [1.54, 1.807) is 0 Å². The molecule has 2 aliphatic carbocycles. The van der Waals surface area contributed by atoms with Crippen molar-refractivity contribution >= 4 is 0 Å². The van der Waals surface area contributed by atoms with Gasteiger partial charge in [-0.3, -0.25) is 0 Å². The van der Waals surface area contributed by atoms with Gasteiger partial charge in [-0.1, -0.05) is 0 Å². The fourth-order valence-corrected chi connectivity index (χ4v) is 2.72. The molecule has 0 radical (unpaired) electrons.